The molecule has 1 N–H and O–H groups in total. The normalized spacial score (nSPS) is 23.1. The van der Waals surface area contributed by atoms with Crippen LogP contribution in [0.15, 0.2) is 12.3 Å². The van der Waals surface area contributed by atoms with Crippen molar-refractivity contribution in [3.63, 3.8) is 0 Å². The van der Waals surface area contributed by atoms with E-state index in [9.17, 15) is 0 Å². The van der Waals surface area contributed by atoms with Gasteiger partial charge in [-0.05, 0) is 25.3 Å². The lowest BCUT2D eigenvalue weighted by Crippen LogP contribution is -2.63. The van der Waals surface area contributed by atoms with Crippen molar-refractivity contribution in [3.8, 4) is 0 Å². The van der Waals surface area contributed by atoms with Crippen LogP contribution in [0.25, 0.3) is 0 Å². The van der Waals surface area contributed by atoms with Gasteiger partial charge in [0.15, 0.2) is 0 Å². The van der Waals surface area contributed by atoms with Crippen LogP contribution < -0.4 is 5.32 Å². The van der Waals surface area contributed by atoms with Crippen LogP contribution >= 0.6 is 0 Å². The fourth-order valence-electron chi connectivity index (χ4n) is 3.43. The Balaban J connectivity index is 2.12. The topological polar surface area (TPSA) is 33.1 Å². The van der Waals surface area contributed by atoms with Crippen molar-refractivity contribution in [1.82, 2.24) is 20.0 Å². The maximum absolute atomic E-state index is 4.56. The lowest BCUT2D eigenvalue weighted by molar-refractivity contribution is 0.0217. The highest BCUT2D eigenvalue weighted by Crippen LogP contribution is 2.29. The highest BCUT2D eigenvalue weighted by atomic mass is 15.3. The molecule has 1 aromatic rings. The Kier molecular flexibility index (Phi) is 5.22. The first-order chi connectivity index (χ1) is 9.63. The van der Waals surface area contributed by atoms with Gasteiger partial charge in [-0.3, -0.25) is 9.58 Å². The molecule has 0 saturated carbocycles. The van der Waals surface area contributed by atoms with Gasteiger partial charge in [0.1, 0.15) is 0 Å². The van der Waals surface area contributed by atoms with E-state index >= 15 is 0 Å². The molecule has 1 saturated heterocycles. The molecule has 114 valence electrons. The third-order valence-corrected chi connectivity index (χ3v) is 4.91. The molecule has 2 rings (SSSR count). The molecule has 0 spiro atoms. The van der Waals surface area contributed by atoms with E-state index in [-0.39, 0.29) is 0 Å². The second-order valence-corrected chi connectivity index (χ2v) is 6.16. The molecule has 0 aromatic carbocycles. The van der Waals surface area contributed by atoms with Gasteiger partial charge < -0.3 is 5.32 Å². The Morgan fingerprint density at radius 1 is 1.35 bits per heavy atom. The van der Waals surface area contributed by atoms with Crippen LogP contribution in [0.3, 0.4) is 0 Å². The fraction of sp³-hybridized carbons (Fsp3) is 0.812. The van der Waals surface area contributed by atoms with Gasteiger partial charge in [0, 0.05) is 44.5 Å². The summed E-state index contributed by atoms with van der Waals surface area (Å²) in [5.41, 5.74) is 1.48. The molecule has 4 nitrogen and oxygen atoms in total. The number of nitrogens with zero attached hydrogens (tertiary/aromatic N) is 3. The van der Waals surface area contributed by atoms with Gasteiger partial charge >= 0.3 is 0 Å². The van der Waals surface area contributed by atoms with Crippen LogP contribution in [0.4, 0.5) is 0 Å². The molecule has 1 fully saturated rings. The smallest absolute Gasteiger partial charge is 0.0764 e. The van der Waals surface area contributed by atoms with E-state index in [0.29, 0.717) is 11.6 Å². The Labute approximate surface area is 123 Å². The van der Waals surface area contributed by atoms with Crippen LogP contribution in [-0.4, -0.2) is 39.4 Å². The predicted octanol–water partition coefficient (Wildman–Crippen LogP) is 2.55. The summed E-state index contributed by atoms with van der Waals surface area (Å²) < 4.78 is 1.90. The largest absolute Gasteiger partial charge is 0.311 e. The van der Waals surface area contributed by atoms with Crippen LogP contribution in [0.2, 0.25) is 0 Å². The number of nitrogens with one attached hydrogen (secondary N) is 1. The Morgan fingerprint density at radius 2 is 2.10 bits per heavy atom. The standard InChI is InChI=1S/C16H30N4/c1-5-8-14-11-20(12-15-9-10-19(4)18-15)16(6-2,7-3)13-17-14/h9-10,14,17H,5-8,11-13H2,1-4H3. The van der Waals surface area contributed by atoms with Gasteiger partial charge in [0.2, 0.25) is 0 Å². The number of aromatic nitrogens is 2. The molecule has 1 aliphatic rings. The second kappa shape index (κ2) is 6.72. The maximum atomic E-state index is 4.56. The molecule has 0 amide bonds. The molecule has 4 heteroatoms. The Morgan fingerprint density at radius 3 is 2.65 bits per heavy atom. The summed E-state index contributed by atoms with van der Waals surface area (Å²) in [6.07, 6.45) is 6.95. The molecule has 1 aliphatic heterocycles. The highest BCUT2D eigenvalue weighted by Gasteiger charge is 2.38. The average molecular weight is 278 g/mol. The lowest BCUT2D eigenvalue weighted by atomic mass is 9.86. The summed E-state index contributed by atoms with van der Waals surface area (Å²) in [5.74, 6) is 0. The molecule has 0 radical (unpaired) electrons. The summed E-state index contributed by atoms with van der Waals surface area (Å²) in [6, 6.07) is 2.78. The van der Waals surface area contributed by atoms with E-state index in [1.54, 1.807) is 0 Å². The van der Waals surface area contributed by atoms with Gasteiger partial charge in [0.25, 0.3) is 0 Å². The van der Waals surface area contributed by atoms with Crippen LogP contribution in [-0.2, 0) is 13.6 Å². The maximum Gasteiger partial charge on any atom is 0.0764 e. The second-order valence-electron chi connectivity index (χ2n) is 6.16. The molecule has 1 aromatic heterocycles. The minimum absolute atomic E-state index is 0.293. The average Bonchev–Trinajstić information content (AvgIpc) is 2.86. The van der Waals surface area contributed by atoms with Crippen LogP contribution in [0.1, 0.15) is 52.1 Å². The first-order valence-corrected chi connectivity index (χ1v) is 8.10. The SMILES string of the molecule is CCCC1CN(Cc2ccn(C)n2)C(CC)(CC)CN1. The van der Waals surface area contributed by atoms with Crippen molar-refractivity contribution in [3.05, 3.63) is 18.0 Å². The van der Waals surface area contributed by atoms with E-state index in [2.05, 4.69) is 42.2 Å². The summed E-state index contributed by atoms with van der Waals surface area (Å²) in [7, 11) is 1.99. The minimum Gasteiger partial charge on any atom is -0.311 e. The number of piperazine rings is 1. The molecule has 1 unspecified atom stereocenters. The third kappa shape index (κ3) is 3.23. The molecule has 0 bridgehead atoms. The molecular weight excluding hydrogens is 248 g/mol. The summed E-state index contributed by atoms with van der Waals surface area (Å²) in [6.45, 7) is 10.1. The Hall–Kier alpha value is -0.870. The zero-order valence-corrected chi connectivity index (χ0v) is 13.5. The van der Waals surface area contributed by atoms with E-state index in [1.165, 1.54) is 31.4 Å². The lowest BCUT2D eigenvalue weighted by Gasteiger charge is -2.49. The van der Waals surface area contributed by atoms with Crippen molar-refractivity contribution < 1.29 is 0 Å². The predicted molar refractivity (Wildman–Crippen MR) is 83.6 cm³/mol. The molecule has 2 heterocycles. The number of rotatable bonds is 6. The zero-order chi connectivity index (χ0) is 14.6. The number of hydrogen-bond donors (Lipinski definition) is 1. The van der Waals surface area contributed by atoms with Crippen molar-refractivity contribution in [2.45, 2.75) is 64.6 Å². The summed E-state index contributed by atoms with van der Waals surface area (Å²) in [4.78, 5) is 2.67. The quantitative estimate of drug-likeness (QED) is 0.868. The first-order valence-electron chi connectivity index (χ1n) is 8.10. The van der Waals surface area contributed by atoms with Gasteiger partial charge in [-0.1, -0.05) is 27.2 Å². The molecular formula is C16H30N4. The molecule has 1 atom stereocenters. The minimum atomic E-state index is 0.293. The summed E-state index contributed by atoms with van der Waals surface area (Å²) >= 11 is 0. The number of aryl methyl sites for hydroxylation is 1. The highest BCUT2D eigenvalue weighted by molar-refractivity contribution is 5.04. The van der Waals surface area contributed by atoms with Crippen molar-refractivity contribution in [1.29, 1.82) is 0 Å². The van der Waals surface area contributed by atoms with Gasteiger partial charge in [0.05, 0.1) is 5.69 Å². The van der Waals surface area contributed by atoms with Crippen LogP contribution in [0, 0.1) is 0 Å². The van der Waals surface area contributed by atoms with Crippen molar-refractivity contribution >= 4 is 0 Å². The van der Waals surface area contributed by atoms with Crippen molar-refractivity contribution in [2.75, 3.05) is 13.1 Å². The first kappa shape index (κ1) is 15.5. The van der Waals surface area contributed by atoms with Crippen molar-refractivity contribution in [2.24, 2.45) is 7.05 Å². The van der Waals surface area contributed by atoms with E-state index in [1.807, 2.05) is 17.9 Å². The molecule has 20 heavy (non-hydrogen) atoms. The number of hydrogen-bond acceptors (Lipinski definition) is 3. The van der Waals surface area contributed by atoms with Crippen LogP contribution in [0.5, 0.6) is 0 Å². The van der Waals surface area contributed by atoms with Gasteiger partial charge in [-0.15, -0.1) is 0 Å². The Bertz CT molecular complexity index is 408. The van der Waals surface area contributed by atoms with Gasteiger partial charge in [-0.25, -0.2) is 0 Å². The molecule has 0 aliphatic carbocycles. The summed E-state index contributed by atoms with van der Waals surface area (Å²) in [5, 5.41) is 8.33. The fourth-order valence-corrected chi connectivity index (χ4v) is 3.43. The monoisotopic (exact) mass is 278 g/mol. The van der Waals surface area contributed by atoms with Gasteiger partial charge in [-0.2, -0.15) is 5.10 Å². The van der Waals surface area contributed by atoms with E-state index < -0.39 is 0 Å². The zero-order valence-electron chi connectivity index (χ0n) is 13.5. The van der Waals surface area contributed by atoms with E-state index in [4.69, 9.17) is 0 Å². The van der Waals surface area contributed by atoms with E-state index in [0.717, 1.165) is 19.6 Å². The third-order valence-electron chi connectivity index (χ3n) is 4.91.